The highest BCUT2D eigenvalue weighted by molar-refractivity contribution is 5.02. The molecule has 0 aliphatic heterocycles. The maximum atomic E-state index is 2.44. The molecular weight excluding hydrogens is 601 g/mol. The van der Waals surface area contributed by atoms with E-state index in [1.54, 1.807) is 6.42 Å². The first kappa shape index (κ1) is 48.0. The predicted molar refractivity (Wildman–Crippen MR) is 230 cm³/mol. The van der Waals surface area contributed by atoms with Crippen LogP contribution in [0.5, 0.6) is 0 Å². The van der Waals surface area contributed by atoms with Crippen molar-refractivity contribution in [1.82, 2.24) is 0 Å². The van der Waals surface area contributed by atoms with E-state index >= 15 is 0 Å². The van der Waals surface area contributed by atoms with Crippen LogP contribution in [0.25, 0.3) is 0 Å². The van der Waals surface area contributed by atoms with Crippen molar-refractivity contribution >= 4 is 0 Å². The second kappa shape index (κ2) is 17.6. The van der Waals surface area contributed by atoms with Crippen LogP contribution in [0.4, 0.5) is 0 Å². The van der Waals surface area contributed by atoms with Crippen LogP contribution < -0.4 is 0 Å². The molecule has 8 bridgehead atoms. The highest BCUT2D eigenvalue weighted by Crippen LogP contribution is 2.62. The number of fused-ring (bicyclic) bond motifs is 10. The third-order valence-electron chi connectivity index (χ3n) is 17.0. The molecule has 0 aromatic heterocycles. The summed E-state index contributed by atoms with van der Waals surface area (Å²) in [5.74, 6) is 8.67. The lowest BCUT2D eigenvalue weighted by Gasteiger charge is -2.54. The first-order valence-corrected chi connectivity index (χ1v) is 21.2. The zero-order valence-corrected chi connectivity index (χ0v) is 33.8. The largest absolute Gasteiger partial charge is 0.0776 e. The summed E-state index contributed by atoms with van der Waals surface area (Å²) >= 11 is 0. The summed E-state index contributed by atoms with van der Waals surface area (Å²) in [6.45, 7) is 29.2. The smallest absolute Gasteiger partial charge is 0.0246 e. The van der Waals surface area contributed by atoms with E-state index in [1.807, 2.05) is 0 Å². The van der Waals surface area contributed by atoms with Crippen LogP contribution in [0.2, 0.25) is 0 Å². The zero-order chi connectivity index (χ0) is 33.8. The van der Waals surface area contributed by atoms with E-state index in [0.717, 1.165) is 58.2 Å². The average Bonchev–Trinajstić information content (AvgIpc) is 3.81. The summed E-state index contributed by atoms with van der Waals surface area (Å²) in [6.07, 6.45) is 30.6. The molecule has 50 heavy (non-hydrogen) atoms. The van der Waals surface area contributed by atoms with Crippen molar-refractivity contribution in [3.63, 3.8) is 0 Å². The molecule has 300 valence electrons. The Morgan fingerprint density at radius 2 is 0.700 bits per heavy atom. The fourth-order valence-electron chi connectivity index (χ4n) is 13.4. The molecule has 10 fully saturated rings. The fourth-order valence-corrected chi connectivity index (χ4v) is 13.4. The third kappa shape index (κ3) is 10.6. The molecule has 0 amide bonds. The van der Waals surface area contributed by atoms with Crippen molar-refractivity contribution < 1.29 is 0 Å². The Morgan fingerprint density at radius 1 is 0.340 bits per heavy atom. The minimum absolute atomic E-state index is 0. The van der Waals surface area contributed by atoms with Gasteiger partial charge in [-0.05, 0) is 189 Å². The molecule has 0 aromatic carbocycles. The van der Waals surface area contributed by atoms with Crippen LogP contribution in [-0.4, -0.2) is 0 Å². The SMILES string of the molecule is C.C.C.C.CC(C)(C)C12CCC(CC1)C2.CC(C)(C)C12CCC(CC1)CC2.CC(C)(C)C1CC2CCC1C2.CC(C)(C)C1CC2CCC1CC2. The molecule has 0 heteroatoms. The van der Waals surface area contributed by atoms with Crippen LogP contribution in [0.3, 0.4) is 0 Å². The summed E-state index contributed by atoms with van der Waals surface area (Å²) in [4.78, 5) is 0. The maximum absolute atomic E-state index is 2.44. The number of rotatable bonds is 0. The van der Waals surface area contributed by atoms with Crippen molar-refractivity contribution in [2.45, 2.75) is 241 Å². The zero-order valence-electron chi connectivity index (χ0n) is 33.8. The molecule has 10 saturated carbocycles. The van der Waals surface area contributed by atoms with Gasteiger partial charge in [0.05, 0.1) is 0 Å². The maximum Gasteiger partial charge on any atom is -0.0246 e. The molecule has 0 aromatic rings. The van der Waals surface area contributed by atoms with Gasteiger partial charge in [0.25, 0.3) is 0 Å². The summed E-state index contributed by atoms with van der Waals surface area (Å²) in [5.41, 5.74) is 3.75. The topological polar surface area (TPSA) is 0 Å². The quantitative estimate of drug-likeness (QED) is 0.236. The van der Waals surface area contributed by atoms with Gasteiger partial charge < -0.3 is 0 Å². The minimum atomic E-state index is 0. The predicted octanol–water partition coefficient (Wildman–Crippen LogP) is 17.5. The van der Waals surface area contributed by atoms with Gasteiger partial charge in [-0.1, -0.05) is 132 Å². The molecule has 0 nitrogen and oxygen atoms in total. The van der Waals surface area contributed by atoms with E-state index in [-0.39, 0.29) is 29.7 Å². The molecule has 10 aliphatic rings. The average molecular weight is 701 g/mol. The van der Waals surface area contributed by atoms with E-state index in [4.69, 9.17) is 0 Å². The highest BCUT2D eigenvalue weighted by atomic mass is 14.6. The Labute approximate surface area is 320 Å². The molecule has 0 saturated heterocycles. The molecule has 4 atom stereocenters. The molecule has 0 heterocycles. The first-order valence-electron chi connectivity index (χ1n) is 21.2. The Bertz CT molecular complexity index is 932. The lowest BCUT2D eigenvalue weighted by molar-refractivity contribution is -0.0316. The Kier molecular flexibility index (Phi) is 16.9. The van der Waals surface area contributed by atoms with Gasteiger partial charge in [0.1, 0.15) is 0 Å². The van der Waals surface area contributed by atoms with Crippen LogP contribution >= 0.6 is 0 Å². The van der Waals surface area contributed by atoms with Gasteiger partial charge in [-0.3, -0.25) is 0 Å². The Hall–Kier alpha value is 0. The van der Waals surface area contributed by atoms with E-state index in [2.05, 4.69) is 83.1 Å². The lowest BCUT2D eigenvalue weighted by atomic mass is 9.51. The van der Waals surface area contributed by atoms with Crippen LogP contribution in [0, 0.1) is 79.8 Å². The van der Waals surface area contributed by atoms with Crippen molar-refractivity contribution in [3.8, 4) is 0 Å². The standard InChI is InChI=1S/2C12H22.2C11H20.4CH4/c1-11(2,3)12-7-4-10(5-8-12)6-9-12;1-12(2,3)11-8-9-4-6-10(11)7-5-9;1-10(2,3)11-6-4-9(8-11)5-7-11;1-11(2,3)10-7-8-4-5-9(10)6-8;;;;/h10H,4-9H2,1-3H3;9-11H,4-8H2,1-3H3;9H,4-8H2,1-3H3;8-10H,4-7H2,1-3H3;4*1H4. The lowest BCUT2D eigenvalue weighted by Crippen LogP contribution is -2.43. The van der Waals surface area contributed by atoms with Crippen LogP contribution in [0.1, 0.15) is 241 Å². The van der Waals surface area contributed by atoms with E-state index in [1.165, 1.54) is 122 Å². The third-order valence-corrected chi connectivity index (χ3v) is 17.0. The summed E-state index contributed by atoms with van der Waals surface area (Å²) in [6, 6.07) is 0. The second-order valence-electron chi connectivity index (χ2n) is 23.3. The molecule has 10 rings (SSSR count). The molecular formula is C50H100. The van der Waals surface area contributed by atoms with Gasteiger partial charge in [-0.15, -0.1) is 0 Å². The Balaban J connectivity index is 0.000000325. The van der Waals surface area contributed by atoms with Crippen molar-refractivity contribution in [1.29, 1.82) is 0 Å². The van der Waals surface area contributed by atoms with Gasteiger partial charge in [0.2, 0.25) is 0 Å². The summed E-state index contributed by atoms with van der Waals surface area (Å²) in [7, 11) is 0. The van der Waals surface area contributed by atoms with Crippen LogP contribution in [0.15, 0.2) is 0 Å². The van der Waals surface area contributed by atoms with Crippen molar-refractivity contribution in [2.24, 2.45) is 79.8 Å². The van der Waals surface area contributed by atoms with Gasteiger partial charge >= 0.3 is 0 Å². The second-order valence-corrected chi connectivity index (χ2v) is 23.3. The Morgan fingerprint density at radius 3 is 0.920 bits per heavy atom. The van der Waals surface area contributed by atoms with E-state index < -0.39 is 0 Å². The van der Waals surface area contributed by atoms with Crippen molar-refractivity contribution in [3.05, 3.63) is 0 Å². The van der Waals surface area contributed by atoms with Crippen LogP contribution in [-0.2, 0) is 0 Å². The van der Waals surface area contributed by atoms with Crippen molar-refractivity contribution in [2.75, 3.05) is 0 Å². The molecule has 10 aliphatic carbocycles. The fraction of sp³-hybridized carbons (Fsp3) is 1.00. The van der Waals surface area contributed by atoms with Gasteiger partial charge in [-0.2, -0.15) is 0 Å². The van der Waals surface area contributed by atoms with E-state index in [0.29, 0.717) is 21.7 Å². The van der Waals surface area contributed by atoms with Gasteiger partial charge in [0, 0.05) is 0 Å². The minimum Gasteiger partial charge on any atom is -0.0776 e. The molecule has 0 spiro atoms. The summed E-state index contributed by atoms with van der Waals surface area (Å²) in [5, 5.41) is 0. The monoisotopic (exact) mass is 701 g/mol. The highest BCUT2D eigenvalue weighted by Gasteiger charge is 2.51. The van der Waals surface area contributed by atoms with E-state index in [9.17, 15) is 0 Å². The van der Waals surface area contributed by atoms with Gasteiger partial charge in [-0.25, -0.2) is 0 Å². The number of hydrogen-bond donors (Lipinski definition) is 0. The normalized spacial score (nSPS) is 39.1. The van der Waals surface area contributed by atoms with Gasteiger partial charge in [0.15, 0.2) is 0 Å². The molecule has 0 radical (unpaired) electrons. The summed E-state index contributed by atoms with van der Waals surface area (Å²) < 4.78 is 0. The first-order chi connectivity index (χ1) is 21.2. The number of hydrogen-bond acceptors (Lipinski definition) is 0. The molecule has 4 unspecified atom stereocenters. The molecule has 0 N–H and O–H groups in total.